The lowest BCUT2D eigenvalue weighted by molar-refractivity contribution is -0.144. The van der Waals surface area contributed by atoms with E-state index in [4.69, 9.17) is 25.8 Å². The first-order valence-corrected chi connectivity index (χ1v) is 7.48. The average molecular weight is 337 g/mol. The molecule has 0 saturated carbocycles. The third kappa shape index (κ3) is 3.74. The molecule has 0 bridgehead atoms. The Morgan fingerprint density at radius 3 is 2.83 bits per heavy atom. The summed E-state index contributed by atoms with van der Waals surface area (Å²) in [5.74, 6) is 0.0937. The van der Waals surface area contributed by atoms with Gasteiger partial charge in [0.2, 0.25) is 0 Å². The smallest absolute Gasteiger partial charge is 0.310 e. The number of carbonyl (C=O) groups is 1. The monoisotopic (exact) mass is 336 g/mol. The van der Waals surface area contributed by atoms with E-state index in [1.807, 2.05) is 0 Å². The highest BCUT2D eigenvalue weighted by atomic mass is 35.5. The SMILES string of the molecule is O=C(Cc1ccccc1F)OCc1cc(Cl)c2c(c1)OCCO2. The standard InChI is InChI=1S/C17H14ClFO4/c18-13-7-11(8-15-17(13)22-6-5-21-15)10-23-16(20)9-12-3-1-2-4-14(12)19/h1-4,7-8H,5-6,9-10H2. The van der Waals surface area contributed by atoms with E-state index in [-0.39, 0.29) is 13.0 Å². The molecular weight excluding hydrogens is 323 g/mol. The second kappa shape index (κ2) is 6.87. The van der Waals surface area contributed by atoms with Crippen molar-refractivity contribution in [3.05, 3.63) is 58.4 Å². The number of esters is 1. The van der Waals surface area contributed by atoms with Crippen LogP contribution in [-0.2, 0) is 22.6 Å². The molecule has 1 aliphatic heterocycles. The number of carbonyl (C=O) groups excluding carboxylic acids is 1. The second-order valence-electron chi connectivity index (χ2n) is 5.03. The zero-order chi connectivity index (χ0) is 16.2. The molecule has 0 fully saturated rings. The fourth-order valence-electron chi connectivity index (χ4n) is 2.26. The van der Waals surface area contributed by atoms with Gasteiger partial charge < -0.3 is 14.2 Å². The lowest BCUT2D eigenvalue weighted by Crippen LogP contribution is -2.16. The van der Waals surface area contributed by atoms with Gasteiger partial charge in [0.05, 0.1) is 11.4 Å². The molecule has 0 radical (unpaired) electrons. The highest BCUT2D eigenvalue weighted by molar-refractivity contribution is 6.32. The van der Waals surface area contributed by atoms with Crippen molar-refractivity contribution in [2.45, 2.75) is 13.0 Å². The topological polar surface area (TPSA) is 44.8 Å². The number of rotatable bonds is 4. The molecule has 0 atom stereocenters. The van der Waals surface area contributed by atoms with Gasteiger partial charge in [0.25, 0.3) is 0 Å². The number of benzene rings is 2. The van der Waals surface area contributed by atoms with Crippen LogP contribution in [0, 0.1) is 5.82 Å². The van der Waals surface area contributed by atoms with Gasteiger partial charge in [-0.2, -0.15) is 0 Å². The number of halogens is 2. The molecule has 4 nitrogen and oxygen atoms in total. The van der Waals surface area contributed by atoms with E-state index in [1.54, 1.807) is 30.3 Å². The lowest BCUT2D eigenvalue weighted by atomic mass is 10.1. The normalized spacial score (nSPS) is 12.8. The number of hydrogen-bond donors (Lipinski definition) is 0. The molecule has 2 aromatic carbocycles. The van der Waals surface area contributed by atoms with Gasteiger partial charge in [0, 0.05) is 0 Å². The van der Waals surface area contributed by atoms with Crippen LogP contribution >= 0.6 is 11.6 Å². The molecule has 0 N–H and O–H groups in total. The van der Waals surface area contributed by atoms with Gasteiger partial charge in [-0.25, -0.2) is 4.39 Å². The Bertz CT molecular complexity index is 733. The van der Waals surface area contributed by atoms with E-state index >= 15 is 0 Å². The van der Waals surface area contributed by atoms with Gasteiger partial charge in [0.15, 0.2) is 11.5 Å². The van der Waals surface area contributed by atoms with Crippen LogP contribution in [0.5, 0.6) is 11.5 Å². The minimum Gasteiger partial charge on any atom is -0.486 e. The largest absolute Gasteiger partial charge is 0.486 e. The molecule has 0 aromatic heterocycles. The van der Waals surface area contributed by atoms with Crippen molar-refractivity contribution in [2.24, 2.45) is 0 Å². The molecule has 0 aliphatic carbocycles. The molecule has 6 heteroatoms. The Labute approximate surface area is 137 Å². The molecule has 3 rings (SSSR count). The summed E-state index contributed by atoms with van der Waals surface area (Å²) in [6.07, 6.45) is -0.120. The predicted octanol–water partition coefficient (Wildman–Crippen LogP) is 3.54. The van der Waals surface area contributed by atoms with Crippen LogP contribution in [-0.4, -0.2) is 19.2 Å². The fraction of sp³-hybridized carbons (Fsp3) is 0.235. The van der Waals surface area contributed by atoms with Crippen molar-refractivity contribution >= 4 is 17.6 Å². The third-order valence-electron chi connectivity index (χ3n) is 3.35. The molecule has 1 aliphatic rings. The second-order valence-corrected chi connectivity index (χ2v) is 5.44. The van der Waals surface area contributed by atoms with Crippen molar-refractivity contribution in [3.8, 4) is 11.5 Å². The summed E-state index contributed by atoms with van der Waals surface area (Å²) in [7, 11) is 0. The van der Waals surface area contributed by atoms with Gasteiger partial charge in [-0.05, 0) is 29.3 Å². The van der Waals surface area contributed by atoms with E-state index < -0.39 is 11.8 Å². The van der Waals surface area contributed by atoms with Gasteiger partial charge in [-0.15, -0.1) is 0 Å². The summed E-state index contributed by atoms with van der Waals surface area (Å²) in [6.45, 7) is 0.924. The van der Waals surface area contributed by atoms with E-state index in [0.29, 0.717) is 40.9 Å². The maximum atomic E-state index is 13.5. The van der Waals surface area contributed by atoms with Gasteiger partial charge in [-0.1, -0.05) is 29.8 Å². The summed E-state index contributed by atoms with van der Waals surface area (Å²) in [5.41, 5.74) is 0.985. The van der Waals surface area contributed by atoms with E-state index in [0.717, 1.165) is 0 Å². The fourth-order valence-corrected chi connectivity index (χ4v) is 2.55. The van der Waals surface area contributed by atoms with Crippen LogP contribution in [0.25, 0.3) is 0 Å². The maximum absolute atomic E-state index is 13.5. The van der Waals surface area contributed by atoms with E-state index in [9.17, 15) is 9.18 Å². The van der Waals surface area contributed by atoms with Crippen LogP contribution in [0.2, 0.25) is 5.02 Å². The molecule has 0 unspecified atom stereocenters. The first kappa shape index (κ1) is 15.6. The Hall–Kier alpha value is -2.27. The molecule has 1 heterocycles. The Morgan fingerprint density at radius 1 is 1.22 bits per heavy atom. The van der Waals surface area contributed by atoms with Crippen molar-refractivity contribution in [3.63, 3.8) is 0 Å². The van der Waals surface area contributed by atoms with Crippen molar-refractivity contribution in [1.29, 1.82) is 0 Å². The van der Waals surface area contributed by atoms with E-state index in [1.165, 1.54) is 6.07 Å². The van der Waals surface area contributed by atoms with Crippen LogP contribution < -0.4 is 9.47 Å². The van der Waals surface area contributed by atoms with Crippen LogP contribution in [0.1, 0.15) is 11.1 Å². The van der Waals surface area contributed by atoms with Crippen molar-refractivity contribution < 1.29 is 23.4 Å². The van der Waals surface area contributed by atoms with E-state index in [2.05, 4.69) is 0 Å². The Morgan fingerprint density at radius 2 is 2.00 bits per heavy atom. The molecule has 0 saturated heterocycles. The summed E-state index contributed by atoms with van der Waals surface area (Å²) in [5, 5.41) is 0.405. The van der Waals surface area contributed by atoms with Crippen LogP contribution in [0.15, 0.2) is 36.4 Å². The molecule has 23 heavy (non-hydrogen) atoms. The first-order chi connectivity index (χ1) is 11.1. The maximum Gasteiger partial charge on any atom is 0.310 e. The van der Waals surface area contributed by atoms with Crippen LogP contribution in [0.4, 0.5) is 4.39 Å². The highest BCUT2D eigenvalue weighted by Crippen LogP contribution is 2.38. The molecule has 2 aromatic rings. The first-order valence-electron chi connectivity index (χ1n) is 7.10. The highest BCUT2D eigenvalue weighted by Gasteiger charge is 2.17. The summed E-state index contributed by atoms with van der Waals surface area (Å²) in [6, 6.07) is 9.48. The minimum atomic E-state index is -0.513. The summed E-state index contributed by atoms with van der Waals surface area (Å²) in [4.78, 5) is 11.8. The van der Waals surface area contributed by atoms with Gasteiger partial charge in [-0.3, -0.25) is 4.79 Å². The molecule has 0 amide bonds. The third-order valence-corrected chi connectivity index (χ3v) is 3.63. The Balaban J connectivity index is 1.63. The lowest BCUT2D eigenvalue weighted by Gasteiger charge is -2.20. The molecule has 0 spiro atoms. The van der Waals surface area contributed by atoms with Gasteiger partial charge >= 0.3 is 5.97 Å². The number of fused-ring (bicyclic) bond motifs is 1. The predicted molar refractivity (Wildman–Crippen MR) is 82.3 cm³/mol. The summed E-state index contributed by atoms with van der Waals surface area (Å²) < 4.78 is 29.6. The zero-order valence-corrected chi connectivity index (χ0v) is 12.9. The number of ether oxygens (including phenoxy) is 3. The van der Waals surface area contributed by atoms with Crippen molar-refractivity contribution in [1.82, 2.24) is 0 Å². The minimum absolute atomic E-state index is 0.0314. The van der Waals surface area contributed by atoms with Crippen LogP contribution in [0.3, 0.4) is 0 Å². The quantitative estimate of drug-likeness (QED) is 0.801. The molecular formula is C17H14ClFO4. The van der Waals surface area contributed by atoms with Crippen molar-refractivity contribution in [2.75, 3.05) is 13.2 Å². The molecule has 120 valence electrons. The van der Waals surface area contributed by atoms with Gasteiger partial charge in [0.1, 0.15) is 25.6 Å². The average Bonchev–Trinajstić information content (AvgIpc) is 2.55. The zero-order valence-electron chi connectivity index (χ0n) is 12.2. The Kier molecular flexibility index (Phi) is 4.67. The number of hydrogen-bond acceptors (Lipinski definition) is 4. The summed E-state index contributed by atoms with van der Waals surface area (Å²) >= 11 is 6.12.